The number of rotatable bonds is 9. The van der Waals surface area contributed by atoms with Crippen LogP contribution >= 0.6 is 0 Å². The Kier molecular flexibility index (Phi) is 7.17. The van der Waals surface area contributed by atoms with Crippen molar-refractivity contribution < 1.29 is 19.2 Å². The summed E-state index contributed by atoms with van der Waals surface area (Å²) >= 11 is 0. The van der Waals surface area contributed by atoms with Crippen LogP contribution in [0.3, 0.4) is 0 Å². The van der Waals surface area contributed by atoms with Crippen LogP contribution in [0.1, 0.15) is 34.0 Å². The minimum Gasteiger partial charge on any atom is -0.490 e. The van der Waals surface area contributed by atoms with Crippen LogP contribution < -0.4 is 9.47 Å². The molecule has 0 aromatic heterocycles. The molecule has 0 atom stereocenters. The predicted octanol–water partition coefficient (Wildman–Crippen LogP) is 5.78. The Hall–Kier alpha value is -3.93. The average molecular weight is 417 g/mol. The molecule has 0 aliphatic rings. The zero-order chi connectivity index (χ0) is 22.2. The molecule has 0 fully saturated rings. The molecule has 0 unspecified atom stereocenters. The molecule has 0 saturated carbocycles. The second-order valence-electron chi connectivity index (χ2n) is 6.92. The summed E-state index contributed by atoms with van der Waals surface area (Å²) in [5.41, 5.74) is 3.39. The van der Waals surface area contributed by atoms with Gasteiger partial charge in [-0.05, 0) is 55.3 Å². The number of non-ortho nitro benzene ring substituents is 1. The van der Waals surface area contributed by atoms with Gasteiger partial charge in [-0.3, -0.25) is 14.9 Å². The van der Waals surface area contributed by atoms with Crippen LogP contribution in [0.5, 0.6) is 11.5 Å². The number of hydrogen-bond acceptors (Lipinski definition) is 5. The van der Waals surface area contributed by atoms with Gasteiger partial charge >= 0.3 is 0 Å². The number of nitro benzene ring substituents is 1. The van der Waals surface area contributed by atoms with Crippen molar-refractivity contribution in [1.82, 2.24) is 0 Å². The number of aryl methyl sites for hydroxylation is 1. The molecule has 0 aliphatic heterocycles. The molecule has 0 amide bonds. The fraction of sp³-hybridized carbons (Fsp3) is 0.160. The lowest BCUT2D eigenvalue weighted by Gasteiger charge is -2.12. The number of ketones is 1. The van der Waals surface area contributed by atoms with E-state index in [0.29, 0.717) is 23.7 Å². The van der Waals surface area contributed by atoms with Crippen LogP contribution in [0, 0.1) is 17.0 Å². The normalized spacial score (nSPS) is 10.8. The Bertz CT molecular complexity index is 1090. The van der Waals surface area contributed by atoms with Gasteiger partial charge in [-0.15, -0.1) is 0 Å². The van der Waals surface area contributed by atoms with Crippen molar-refractivity contribution in [2.45, 2.75) is 20.5 Å². The molecule has 0 saturated heterocycles. The van der Waals surface area contributed by atoms with Gasteiger partial charge in [0.15, 0.2) is 17.3 Å². The molecule has 158 valence electrons. The van der Waals surface area contributed by atoms with E-state index in [9.17, 15) is 14.9 Å². The third kappa shape index (κ3) is 6.02. The third-order valence-corrected chi connectivity index (χ3v) is 4.57. The minimum absolute atomic E-state index is 0.0371. The SMILES string of the molecule is CCOc1cc(/C=C/C(=O)c2ccc(C)cc2)ccc1OCc1ccc([N+](=O)[O-])cc1. The van der Waals surface area contributed by atoms with E-state index in [1.54, 1.807) is 24.3 Å². The Balaban J connectivity index is 1.70. The highest BCUT2D eigenvalue weighted by Gasteiger charge is 2.09. The number of carbonyl (C=O) groups is 1. The van der Waals surface area contributed by atoms with Crippen LogP contribution in [-0.2, 0) is 6.61 Å². The summed E-state index contributed by atoms with van der Waals surface area (Å²) in [7, 11) is 0. The first-order valence-corrected chi connectivity index (χ1v) is 9.88. The van der Waals surface area contributed by atoms with Crippen LogP contribution in [0.25, 0.3) is 6.08 Å². The maximum atomic E-state index is 12.3. The number of hydrogen-bond donors (Lipinski definition) is 0. The van der Waals surface area contributed by atoms with Gasteiger partial charge in [-0.1, -0.05) is 42.0 Å². The molecule has 0 N–H and O–H groups in total. The molecule has 6 heteroatoms. The highest BCUT2D eigenvalue weighted by molar-refractivity contribution is 6.06. The number of nitro groups is 1. The second kappa shape index (κ2) is 10.2. The first-order chi connectivity index (χ1) is 15.0. The summed E-state index contributed by atoms with van der Waals surface area (Å²) in [6.07, 6.45) is 3.28. The molecule has 3 rings (SSSR count). The molecule has 0 heterocycles. The van der Waals surface area contributed by atoms with Gasteiger partial charge in [0, 0.05) is 17.7 Å². The van der Waals surface area contributed by atoms with E-state index >= 15 is 0 Å². The Morgan fingerprint density at radius 2 is 1.68 bits per heavy atom. The molecular formula is C25H23NO5. The van der Waals surface area contributed by atoms with Crippen LogP contribution in [0.4, 0.5) is 5.69 Å². The number of nitrogens with zero attached hydrogens (tertiary/aromatic N) is 1. The minimum atomic E-state index is -0.437. The zero-order valence-corrected chi connectivity index (χ0v) is 17.4. The topological polar surface area (TPSA) is 78.7 Å². The molecule has 0 bridgehead atoms. The van der Waals surface area contributed by atoms with E-state index in [4.69, 9.17) is 9.47 Å². The highest BCUT2D eigenvalue weighted by atomic mass is 16.6. The lowest BCUT2D eigenvalue weighted by atomic mass is 10.1. The summed E-state index contributed by atoms with van der Waals surface area (Å²) in [6, 6.07) is 19.1. The van der Waals surface area contributed by atoms with Gasteiger partial charge in [0.25, 0.3) is 5.69 Å². The van der Waals surface area contributed by atoms with E-state index in [0.717, 1.165) is 16.7 Å². The fourth-order valence-corrected chi connectivity index (χ4v) is 2.88. The van der Waals surface area contributed by atoms with Crippen LogP contribution in [-0.4, -0.2) is 17.3 Å². The Labute approximate surface area is 180 Å². The quantitative estimate of drug-likeness (QED) is 0.191. The van der Waals surface area contributed by atoms with E-state index in [-0.39, 0.29) is 18.1 Å². The summed E-state index contributed by atoms with van der Waals surface area (Å²) < 4.78 is 11.5. The number of benzene rings is 3. The molecule has 0 radical (unpaired) electrons. The summed E-state index contributed by atoms with van der Waals surface area (Å²) in [6.45, 7) is 4.57. The first-order valence-electron chi connectivity index (χ1n) is 9.88. The van der Waals surface area contributed by atoms with Gasteiger partial charge < -0.3 is 9.47 Å². The smallest absolute Gasteiger partial charge is 0.269 e. The number of ether oxygens (including phenoxy) is 2. The van der Waals surface area contributed by atoms with Crippen molar-refractivity contribution >= 4 is 17.5 Å². The summed E-state index contributed by atoms with van der Waals surface area (Å²) in [5, 5.41) is 10.8. The van der Waals surface area contributed by atoms with Gasteiger partial charge in [0.05, 0.1) is 11.5 Å². The number of carbonyl (C=O) groups excluding carboxylic acids is 1. The van der Waals surface area contributed by atoms with Gasteiger partial charge in [0.1, 0.15) is 6.61 Å². The van der Waals surface area contributed by atoms with Crippen LogP contribution in [0.15, 0.2) is 72.8 Å². The van der Waals surface area contributed by atoms with E-state index in [2.05, 4.69) is 0 Å². The molecule has 3 aromatic carbocycles. The molecular weight excluding hydrogens is 394 g/mol. The summed E-state index contributed by atoms with van der Waals surface area (Å²) in [5.74, 6) is 1.05. The Morgan fingerprint density at radius 3 is 2.32 bits per heavy atom. The van der Waals surface area contributed by atoms with Gasteiger partial charge in [-0.2, -0.15) is 0 Å². The first kappa shape index (κ1) is 21.8. The van der Waals surface area contributed by atoms with Gasteiger partial charge in [0.2, 0.25) is 0 Å². The monoisotopic (exact) mass is 417 g/mol. The third-order valence-electron chi connectivity index (χ3n) is 4.57. The standard InChI is InChI=1S/C25H23NO5/c1-3-30-25-16-19(8-14-23(27)21-10-4-18(2)5-11-21)9-15-24(25)31-17-20-6-12-22(13-7-20)26(28)29/h4-16H,3,17H2,1-2H3/b14-8+. The molecule has 0 aliphatic carbocycles. The van der Waals surface area contributed by atoms with Crippen molar-refractivity contribution in [2.75, 3.05) is 6.61 Å². The van der Waals surface area contributed by atoms with Crippen LogP contribution in [0.2, 0.25) is 0 Å². The highest BCUT2D eigenvalue weighted by Crippen LogP contribution is 2.30. The molecule has 6 nitrogen and oxygen atoms in total. The zero-order valence-electron chi connectivity index (χ0n) is 17.4. The molecule has 31 heavy (non-hydrogen) atoms. The largest absolute Gasteiger partial charge is 0.490 e. The van der Waals surface area contributed by atoms with Crippen molar-refractivity contribution in [3.63, 3.8) is 0 Å². The van der Waals surface area contributed by atoms with Crippen molar-refractivity contribution in [3.05, 3.63) is 105 Å². The second-order valence-corrected chi connectivity index (χ2v) is 6.92. The predicted molar refractivity (Wildman–Crippen MR) is 120 cm³/mol. The maximum absolute atomic E-state index is 12.3. The number of allylic oxidation sites excluding steroid dienone is 1. The molecule has 0 spiro atoms. The van der Waals surface area contributed by atoms with E-state index in [1.165, 1.54) is 18.2 Å². The van der Waals surface area contributed by atoms with E-state index in [1.807, 2.05) is 50.2 Å². The van der Waals surface area contributed by atoms with E-state index < -0.39 is 4.92 Å². The van der Waals surface area contributed by atoms with Crippen molar-refractivity contribution in [1.29, 1.82) is 0 Å². The maximum Gasteiger partial charge on any atom is 0.269 e. The fourth-order valence-electron chi connectivity index (χ4n) is 2.88. The lowest BCUT2D eigenvalue weighted by molar-refractivity contribution is -0.384. The van der Waals surface area contributed by atoms with Gasteiger partial charge in [-0.25, -0.2) is 0 Å². The van der Waals surface area contributed by atoms with Crippen molar-refractivity contribution in [2.24, 2.45) is 0 Å². The molecule has 3 aromatic rings. The summed E-state index contributed by atoms with van der Waals surface area (Å²) in [4.78, 5) is 22.7. The lowest BCUT2D eigenvalue weighted by Crippen LogP contribution is -2.00. The average Bonchev–Trinajstić information content (AvgIpc) is 2.78. The van der Waals surface area contributed by atoms with Crippen molar-refractivity contribution in [3.8, 4) is 11.5 Å². The Morgan fingerprint density at radius 1 is 0.968 bits per heavy atom.